The lowest BCUT2D eigenvalue weighted by Gasteiger charge is -2.34. The van der Waals surface area contributed by atoms with Gasteiger partial charge >= 0.3 is 0 Å². The van der Waals surface area contributed by atoms with E-state index < -0.39 is 0 Å². The predicted octanol–water partition coefficient (Wildman–Crippen LogP) is 0.917. The first-order chi connectivity index (χ1) is 14.6. The summed E-state index contributed by atoms with van der Waals surface area (Å²) < 4.78 is 11.2. The van der Waals surface area contributed by atoms with E-state index >= 15 is 0 Å². The highest BCUT2D eigenvalue weighted by Gasteiger charge is 2.25. The lowest BCUT2D eigenvalue weighted by molar-refractivity contribution is -0.892. The van der Waals surface area contributed by atoms with Crippen molar-refractivity contribution in [1.29, 1.82) is 0 Å². The smallest absolute Gasteiger partial charge is 0.278 e. The highest BCUT2D eigenvalue weighted by molar-refractivity contribution is 5.77. The summed E-state index contributed by atoms with van der Waals surface area (Å²) in [4.78, 5) is 18.3. The zero-order valence-electron chi connectivity index (χ0n) is 17.5. The van der Waals surface area contributed by atoms with Crippen LogP contribution in [0.5, 0.6) is 17.2 Å². The van der Waals surface area contributed by atoms with Crippen LogP contribution in [0.4, 0.5) is 5.69 Å². The van der Waals surface area contributed by atoms with Gasteiger partial charge in [0.2, 0.25) is 0 Å². The predicted molar refractivity (Wildman–Crippen MR) is 114 cm³/mol. The third kappa shape index (κ3) is 4.62. The number of benzene rings is 2. The van der Waals surface area contributed by atoms with Crippen LogP contribution < -0.4 is 19.3 Å². The van der Waals surface area contributed by atoms with E-state index in [2.05, 4.69) is 4.90 Å². The number of fused-ring (bicyclic) bond motifs is 1. The summed E-state index contributed by atoms with van der Waals surface area (Å²) in [6, 6.07) is 13.3. The maximum atomic E-state index is 12.9. The number of hydrogen-bond acceptors (Lipinski definition) is 5. The first-order valence-corrected chi connectivity index (χ1v) is 10.7. The zero-order chi connectivity index (χ0) is 20.9. The fraction of sp³-hybridized carbons (Fsp3) is 0.435. The van der Waals surface area contributed by atoms with Crippen LogP contribution in [-0.2, 0) is 11.3 Å². The molecule has 2 aliphatic heterocycles. The number of nitrogens with one attached hydrogen (secondary N) is 1. The number of nitrogens with zero attached hydrogens (tertiary/aromatic N) is 2. The fourth-order valence-electron chi connectivity index (χ4n) is 4.08. The molecule has 2 N–H and O–H groups in total. The van der Waals surface area contributed by atoms with Gasteiger partial charge in [0.25, 0.3) is 5.91 Å². The van der Waals surface area contributed by atoms with Crippen molar-refractivity contribution in [3.05, 3.63) is 48.0 Å². The highest BCUT2D eigenvalue weighted by atomic mass is 16.6. The van der Waals surface area contributed by atoms with E-state index in [-0.39, 0.29) is 5.91 Å². The molecule has 2 aromatic rings. The first-order valence-electron chi connectivity index (χ1n) is 10.7. The number of amides is 1. The van der Waals surface area contributed by atoms with Crippen molar-refractivity contribution in [2.24, 2.45) is 0 Å². The molecule has 0 atom stereocenters. The number of rotatable bonds is 6. The quantitative estimate of drug-likeness (QED) is 0.739. The summed E-state index contributed by atoms with van der Waals surface area (Å²) in [7, 11) is 0. The summed E-state index contributed by atoms with van der Waals surface area (Å²) in [5, 5.41) is 10.1. The van der Waals surface area contributed by atoms with E-state index in [9.17, 15) is 9.90 Å². The largest absolute Gasteiger partial charge is 0.506 e. The lowest BCUT2D eigenvalue weighted by Crippen LogP contribution is -3.15. The minimum Gasteiger partial charge on any atom is -0.506 e. The van der Waals surface area contributed by atoms with Crippen molar-refractivity contribution < 1.29 is 24.3 Å². The Kier molecular flexibility index (Phi) is 6.28. The number of para-hydroxylation sites is 2. The van der Waals surface area contributed by atoms with Gasteiger partial charge in [-0.1, -0.05) is 18.2 Å². The molecule has 7 nitrogen and oxygen atoms in total. The molecule has 1 saturated heterocycles. The number of quaternary nitrogens is 1. The van der Waals surface area contributed by atoms with Gasteiger partial charge in [-0.15, -0.1) is 0 Å². The Bertz CT molecular complexity index is 881. The van der Waals surface area contributed by atoms with Crippen LogP contribution in [0.25, 0.3) is 0 Å². The van der Waals surface area contributed by atoms with Crippen molar-refractivity contribution in [2.45, 2.75) is 13.5 Å². The number of phenolic OH excluding ortho intramolecular Hbond substituents is 1. The van der Waals surface area contributed by atoms with Crippen LogP contribution in [0.2, 0.25) is 0 Å². The van der Waals surface area contributed by atoms with Crippen molar-refractivity contribution in [1.82, 2.24) is 4.90 Å². The summed E-state index contributed by atoms with van der Waals surface area (Å²) >= 11 is 0. The fourth-order valence-corrected chi connectivity index (χ4v) is 4.08. The molecular formula is C23H30N3O4+. The minimum absolute atomic E-state index is 0.165. The van der Waals surface area contributed by atoms with Crippen molar-refractivity contribution in [2.75, 3.05) is 57.4 Å². The van der Waals surface area contributed by atoms with Crippen LogP contribution in [0.15, 0.2) is 42.5 Å². The number of likely N-dealkylation sites (N-methyl/N-ethyl adjacent to an activating group) is 1. The second-order valence-electron chi connectivity index (χ2n) is 7.79. The summed E-state index contributed by atoms with van der Waals surface area (Å²) in [6.07, 6.45) is 0. The molecular weight excluding hydrogens is 382 g/mol. The highest BCUT2D eigenvalue weighted by Crippen LogP contribution is 2.31. The summed E-state index contributed by atoms with van der Waals surface area (Å²) in [5.41, 5.74) is 1.92. The number of hydrogen-bond donors (Lipinski definition) is 2. The SMILES string of the molecule is CCN(Cc1ccc2c(c1)OCCO2)C(=O)C[NH+]1CCN(c2ccccc2O)CC1. The van der Waals surface area contributed by atoms with Gasteiger partial charge in [0, 0.05) is 13.1 Å². The van der Waals surface area contributed by atoms with Gasteiger partial charge in [-0.2, -0.15) is 0 Å². The van der Waals surface area contributed by atoms with Crippen molar-refractivity contribution >= 4 is 11.6 Å². The Hall–Kier alpha value is -2.93. The number of carbonyl (C=O) groups excluding carboxylic acids is 1. The Morgan fingerprint density at radius 2 is 1.83 bits per heavy atom. The van der Waals surface area contributed by atoms with Crippen LogP contribution in [-0.4, -0.2) is 68.4 Å². The number of piperazine rings is 1. The molecule has 1 fully saturated rings. The van der Waals surface area contributed by atoms with E-state index in [1.165, 1.54) is 4.90 Å². The molecule has 0 aromatic heterocycles. The molecule has 0 radical (unpaired) electrons. The molecule has 30 heavy (non-hydrogen) atoms. The zero-order valence-corrected chi connectivity index (χ0v) is 17.5. The molecule has 0 saturated carbocycles. The topological polar surface area (TPSA) is 66.7 Å². The van der Waals surface area contributed by atoms with Crippen LogP contribution >= 0.6 is 0 Å². The molecule has 160 valence electrons. The van der Waals surface area contributed by atoms with Gasteiger partial charge in [0.15, 0.2) is 18.0 Å². The number of phenols is 1. The molecule has 2 aliphatic rings. The minimum atomic E-state index is 0.165. The van der Waals surface area contributed by atoms with Crippen LogP contribution in [0.3, 0.4) is 0 Å². The normalized spacial score (nSPS) is 16.4. The molecule has 1 amide bonds. The third-order valence-electron chi connectivity index (χ3n) is 5.81. The van der Waals surface area contributed by atoms with E-state index in [0.29, 0.717) is 38.6 Å². The Morgan fingerprint density at radius 1 is 1.10 bits per heavy atom. The molecule has 4 rings (SSSR count). The Labute approximate surface area is 177 Å². The second kappa shape index (κ2) is 9.26. The van der Waals surface area contributed by atoms with Gasteiger partial charge in [0.05, 0.1) is 31.9 Å². The second-order valence-corrected chi connectivity index (χ2v) is 7.79. The molecule has 0 unspecified atom stereocenters. The molecule has 0 bridgehead atoms. The lowest BCUT2D eigenvalue weighted by atomic mass is 10.1. The Balaban J connectivity index is 1.31. The number of anilines is 1. The van der Waals surface area contributed by atoms with Crippen molar-refractivity contribution in [3.63, 3.8) is 0 Å². The molecule has 0 aliphatic carbocycles. The molecule has 7 heteroatoms. The third-order valence-corrected chi connectivity index (χ3v) is 5.81. The number of ether oxygens (including phenoxy) is 2. The van der Waals surface area contributed by atoms with Gasteiger partial charge in [0.1, 0.15) is 19.0 Å². The van der Waals surface area contributed by atoms with E-state index in [0.717, 1.165) is 48.9 Å². The maximum absolute atomic E-state index is 12.9. The first kappa shape index (κ1) is 20.3. The molecule has 0 spiro atoms. The summed E-state index contributed by atoms with van der Waals surface area (Å²) in [5.74, 6) is 2.01. The van der Waals surface area contributed by atoms with E-state index in [1.54, 1.807) is 6.07 Å². The number of carbonyl (C=O) groups is 1. The van der Waals surface area contributed by atoms with Gasteiger partial charge < -0.3 is 29.3 Å². The van der Waals surface area contributed by atoms with E-state index in [1.807, 2.05) is 48.2 Å². The Morgan fingerprint density at radius 3 is 2.57 bits per heavy atom. The van der Waals surface area contributed by atoms with Gasteiger partial charge in [-0.25, -0.2) is 0 Å². The average molecular weight is 413 g/mol. The molecule has 2 heterocycles. The van der Waals surface area contributed by atoms with Gasteiger partial charge in [-0.05, 0) is 36.8 Å². The summed E-state index contributed by atoms with van der Waals surface area (Å²) in [6.45, 7) is 8.29. The maximum Gasteiger partial charge on any atom is 0.278 e. The van der Waals surface area contributed by atoms with Crippen LogP contribution in [0.1, 0.15) is 12.5 Å². The average Bonchev–Trinajstić information content (AvgIpc) is 2.78. The van der Waals surface area contributed by atoms with Gasteiger partial charge in [-0.3, -0.25) is 4.79 Å². The monoisotopic (exact) mass is 412 g/mol. The van der Waals surface area contributed by atoms with Crippen LogP contribution in [0, 0.1) is 0 Å². The van der Waals surface area contributed by atoms with Crippen molar-refractivity contribution in [3.8, 4) is 17.2 Å². The molecule has 2 aromatic carbocycles. The number of aromatic hydroxyl groups is 1. The standard InChI is InChI=1S/C23H29N3O4/c1-2-25(16-18-7-8-21-22(15-18)30-14-13-29-21)23(28)17-24-9-11-26(12-10-24)19-5-3-4-6-20(19)27/h3-8,15,27H,2,9-14,16-17H2,1H3/p+1. The van der Waals surface area contributed by atoms with E-state index in [4.69, 9.17) is 9.47 Å².